The van der Waals surface area contributed by atoms with E-state index in [4.69, 9.17) is 11.6 Å². The summed E-state index contributed by atoms with van der Waals surface area (Å²) in [4.78, 5) is 23.3. The zero-order valence-electron chi connectivity index (χ0n) is 15.3. The number of halogens is 1. The normalized spacial score (nSPS) is 14.8. The molecule has 1 saturated heterocycles. The van der Waals surface area contributed by atoms with Crippen LogP contribution in [0.5, 0.6) is 0 Å². The first-order valence-electron chi connectivity index (χ1n) is 9.27. The Hall–Kier alpha value is -2.93. The summed E-state index contributed by atoms with van der Waals surface area (Å²) in [5.74, 6) is 0.958. The fourth-order valence-electron chi connectivity index (χ4n) is 3.43. The third-order valence-corrected chi connectivity index (χ3v) is 5.20. The Morgan fingerprint density at radius 3 is 2.71 bits per heavy atom. The Kier molecular flexibility index (Phi) is 5.53. The van der Waals surface area contributed by atoms with Crippen LogP contribution in [0.3, 0.4) is 0 Å². The summed E-state index contributed by atoms with van der Waals surface area (Å²) in [7, 11) is 0. The predicted octanol–water partition coefficient (Wildman–Crippen LogP) is 3.23. The molecule has 144 valence electrons. The number of piperidine rings is 1. The van der Waals surface area contributed by atoms with Crippen molar-refractivity contribution < 1.29 is 4.79 Å². The van der Waals surface area contributed by atoms with Crippen LogP contribution in [-0.4, -0.2) is 38.7 Å². The Morgan fingerprint density at radius 2 is 2.00 bits per heavy atom. The average molecular weight is 397 g/mol. The summed E-state index contributed by atoms with van der Waals surface area (Å²) >= 11 is 5.91. The van der Waals surface area contributed by atoms with Crippen molar-refractivity contribution in [3.8, 4) is 0 Å². The van der Waals surface area contributed by atoms with Gasteiger partial charge in [0.15, 0.2) is 0 Å². The summed E-state index contributed by atoms with van der Waals surface area (Å²) in [6.45, 7) is 2.16. The standard InChI is InChI=1S/C20H21ClN6O/c21-17-5-6-19(23-11-17)26-9-7-15(8-10-26)20(28)25-18-4-2-1-3-16(18)12-27-14-22-13-24-27/h1-6,11,13-15H,7-10,12H2,(H,25,28). The van der Waals surface area contributed by atoms with Crippen LogP contribution in [-0.2, 0) is 11.3 Å². The molecule has 0 unspecified atom stereocenters. The number of hydrogen-bond donors (Lipinski definition) is 1. The van der Waals surface area contributed by atoms with E-state index in [1.54, 1.807) is 17.2 Å². The number of aromatic nitrogens is 4. The van der Waals surface area contributed by atoms with Crippen LogP contribution in [0.15, 0.2) is 55.2 Å². The minimum Gasteiger partial charge on any atom is -0.357 e. The van der Waals surface area contributed by atoms with E-state index in [0.29, 0.717) is 11.6 Å². The molecule has 3 heterocycles. The van der Waals surface area contributed by atoms with E-state index < -0.39 is 0 Å². The van der Waals surface area contributed by atoms with E-state index in [1.807, 2.05) is 36.4 Å². The Balaban J connectivity index is 1.37. The molecule has 1 aromatic carbocycles. The molecule has 1 fully saturated rings. The Morgan fingerprint density at radius 1 is 1.18 bits per heavy atom. The van der Waals surface area contributed by atoms with Gasteiger partial charge in [0.05, 0.1) is 11.6 Å². The molecule has 0 saturated carbocycles. The lowest BCUT2D eigenvalue weighted by Gasteiger charge is -2.32. The van der Waals surface area contributed by atoms with Crippen LogP contribution in [0.4, 0.5) is 11.5 Å². The van der Waals surface area contributed by atoms with Gasteiger partial charge in [-0.2, -0.15) is 5.10 Å². The fourth-order valence-corrected chi connectivity index (χ4v) is 3.54. The highest BCUT2D eigenvalue weighted by atomic mass is 35.5. The third kappa shape index (κ3) is 4.31. The highest BCUT2D eigenvalue weighted by molar-refractivity contribution is 6.30. The van der Waals surface area contributed by atoms with E-state index in [0.717, 1.165) is 43.0 Å². The van der Waals surface area contributed by atoms with E-state index in [1.165, 1.54) is 6.33 Å². The number of amides is 1. The van der Waals surface area contributed by atoms with Crippen molar-refractivity contribution in [2.45, 2.75) is 19.4 Å². The van der Waals surface area contributed by atoms with Gasteiger partial charge in [0.2, 0.25) is 5.91 Å². The van der Waals surface area contributed by atoms with Gasteiger partial charge in [-0.15, -0.1) is 0 Å². The molecule has 8 heteroatoms. The molecular formula is C20H21ClN6O. The number of carbonyl (C=O) groups excluding carboxylic acids is 1. The van der Waals surface area contributed by atoms with Gasteiger partial charge in [0.25, 0.3) is 0 Å². The van der Waals surface area contributed by atoms with Crippen LogP contribution in [0.25, 0.3) is 0 Å². The molecule has 1 aliphatic heterocycles. The molecule has 4 rings (SSSR count). The molecule has 0 atom stereocenters. The van der Waals surface area contributed by atoms with Gasteiger partial charge >= 0.3 is 0 Å². The number of benzene rings is 1. The third-order valence-electron chi connectivity index (χ3n) is 4.98. The molecule has 0 aliphatic carbocycles. The number of carbonyl (C=O) groups is 1. The summed E-state index contributed by atoms with van der Waals surface area (Å²) < 4.78 is 1.74. The van der Waals surface area contributed by atoms with Crippen molar-refractivity contribution in [1.82, 2.24) is 19.7 Å². The quantitative estimate of drug-likeness (QED) is 0.716. The maximum Gasteiger partial charge on any atom is 0.227 e. The van der Waals surface area contributed by atoms with E-state index in [2.05, 4.69) is 25.3 Å². The van der Waals surface area contributed by atoms with Crippen LogP contribution >= 0.6 is 11.6 Å². The van der Waals surface area contributed by atoms with Crippen LogP contribution in [0.2, 0.25) is 5.02 Å². The second-order valence-corrected chi connectivity index (χ2v) is 7.27. The van der Waals surface area contributed by atoms with Gasteiger partial charge in [0.1, 0.15) is 18.5 Å². The van der Waals surface area contributed by atoms with Gasteiger partial charge in [-0.05, 0) is 36.6 Å². The van der Waals surface area contributed by atoms with Gasteiger partial charge in [0, 0.05) is 30.9 Å². The number of rotatable bonds is 5. The van der Waals surface area contributed by atoms with Gasteiger partial charge in [-0.25, -0.2) is 14.6 Å². The fraction of sp³-hybridized carbons (Fsp3) is 0.300. The van der Waals surface area contributed by atoms with Crippen LogP contribution in [0, 0.1) is 5.92 Å². The summed E-state index contributed by atoms with van der Waals surface area (Å²) in [5, 5.41) is 7.87. The SMILES string of the molecule is O=C(Nc1ccccc1Cn1cncn1)C1CCN(c2ccc(Cl)cn2)CC1. The number of hydrogen-bond acceptors (Lipinski definition) is 5. The van der Waals surface area contributed by atoms with Crippen molar-refractivity contribution in [1.29, 1.82) is 0 Å². The summed E-state index contributed by atoms with van der Waals surface area (Å²) in [6.07, 6.45) is 6.41. The molecule has 28 heavy (non-hydrogen) atoms. The highest BCUT2D eigenvalue weighted by Crippen LogP contribution is 2.25. The molecule has 0 radical (unpaired) electrons. The van der Waals surface area contributed by atoms with Crippen molar-refractivity contribution in [3.05, 3.63) is 65.8 Å². The monoisotopic (exact) mass is 396 g/mol. The van der Waals surface area contributed by atoms with E-state index in [9.17, 15) is 4.79 Å². The van der Waals surface area contributed by atoms with Gasteiger partial charge < -0.3 is 10.2 Å². The summed E-state index contributed by atoms with van der Waals surface area (Å²) in [5.41, 5.74) is 1.83. The maximum atomic E-state index is 12.8. The number of pyridine rings is 1. The first-order chi connectivity index (χ1) is 13.7. The van der Waals surface area contributed by atoms with Crippen LogP contribution < -0.4 is 10.2 Å². The Bertz CT molecular complexity index is 920. The molecule has 3 aromatic rings. The zero-order chi connectivity index (χ0) is 19.3. The minimum absolute atomic E-state index is 0.0111. The molecule has 1 amide bonds. The van der Waals surface area contributed by atoms with Crippen molar-refractivity contribution in [3.63, 3.8) is 0 Å². The summed E-state index contributed by atoms with van der Waals surface area (Å²) in [6, 6.07) is 11.6. The van der Waals surface area contributed by atoms with Crippen molar-refractivity contribution in [2.75, 3.05) is 23.3 Å². The minimum atomic E-state index is -0.0111. The molecule has 7 nitrogen and oxygen atoms in total. The number of nitrogens with one attached hydrogen (secondary N) is 1. The predicted molar refractivity (Wildman–Crippen MR) is 108 cm³/mol. The molecule has 1 N–H and O–H groups in total. The van der Waals surface area contributed by atoms with Gasteiger partial charge in [-0.1, -0.05) is 29.8 Å². The smallest absolute Gasteiger partial charge is 0.227 e. The maximum absolute atomic E-state index is 12.8. The van der Waals surface area contributed by atoms with Crippen molar-refractivity contribution >= 4 is 29.0 Å². The average Bonchev–Trinajstić information content (AvgIpc) is 3.23. The van der Waals surface area contributed by atoms with Crippen molar-refractivity contribution in [2.24, 2.45) is 5.92 Å². The lowest BCUT2D eigenvalue weighted by molar-refractivity contribution is -0.120. The molecule has 0 spiro atoms. The lowest BCUT2D eigenvalue weighted by Crippen LogP contribution is -2.38. The number of anilines is 2. The lowest BCUT2D eigenvalue weighted by atomic mass is 9.95. The topological polar surface area (TPSA) is 75.9 Å². The molecule has 2 aromatic heterocycles. The van der Waals surface area contributed by atoms with Gasteiger partial charge in [-0.3, -0.25) is 4.79 Å². The number of nitrogens with zero attached hydrogens (tertiary/aromatic N) is 5. The van der Waals surface area contributed by atoms with Crippen LogP contribution in [0.1, 0.15) is 18.4 Å². The zero-order valence-corrected chi connectivity index (χ0v) is 16.1. The first-order valence-corrected chi connectivity index (χ1v) is 9.64. The molecular weight excluding hydrogens is 376 g/mol. The number of para-hydroxylation sites is 1. The molecule has 0 bridgehead atoms. The van der Waals surface area contributed by atoms with E-state index >= 15 is 0 Å². The largest absolute Gasteiger partial charge is 0.357 e. The first kappa shape index (κ1) is 18.4. The molecule has 1 aliphatic rings. The highest BCUT2D eigenvalue weighted by Gasteiger charge is 2.26. The van der Waals surface area contributed by atoms with E-state index in [-0.39, 0.29) is 11.8 Å². The second-order valence-electron chi connectivity index (χ2n) is 6.84. The second kappa shape index (κ2) is 8.39. The Labute approximate surface area is 168 Å².